The minimum atomic E-state index is -0.101. The van der Waals surface area contributed by atoms with E-state index in [9.17, 15) is 4.79 Å². The van der Waals surface area contributed by atoms with E-state index in [4.69, 9.17) is 11.6 Å². The first-order valence-corrected chi connectivity index (χ1v) is 6.27. The molecule has 0 radical (unpaired) electrons. The summed E-state index contributed by atoms with van der Waals surface area (Å²) in [4.78, 5) is 19.9. The molecule has 0 fully saturated rings. The highest BCUT2D eigenvalue weighted by atomic mass is 35.5. The Morgan fingerprint density at radius 1 is 1.47 bits per heavy atom. The van der Waals surface area contributed by atoms with Crippen LogP contribution in [0.4, 0.5) is 5.82 Å². The lowest BCUT2D eigenvalue weighted by Gasteiger charge is -2.08. The molecule has 0 saturated carbocycles. The molecule has 2 heterocycles. The zero-order chi connectivity index (χ0) is 13.8. The van der Waals surface area contributed by atoms with E-state index >= 15 is 0 Å². The summed E-state index contributed by atoms with van der Waals surface area (Å²) in [7, 11) is 0. The molecule has 0 aromatic carbocycles. The van der Waals surface area contributed by atoms with Crippen molar-refractivity contribution in [1.29, 1.82) is 0 Å². The molecule has 0 aliphatic carbocycles. The Kier molecular flexibility index (Phi) is 4.11. The van der Waals surface area contributed by atoms with E-state index in [0.29, 0.717) is 18.2 Å². The monoisotopic (exact) mass is 279 g/mol. The number of nitrogens with one attached hydrogen (secondary N) is 1. The summed E-state index contributed by atoms with van der Waals surface area (Å²) in [6.45, 7) is 3.95. The van der Waals surface area contributed by atoms with Gasteiger partial charge in [-0.2, -0.15) is 15.1 Å². The van der Waals surface area contributed by atoms with Crippen molar-refractivity contribution in [2.24, 2.45) is 5.92 Å². The molecule has 6 nitrogen and oxygen atoms in total. The molecule has 0 unspecified atom stereocenters. The van der Waals surface area contributed by atoms with Crippen LogP contribution in [0.2, 0.25) is 5.15 Å². The molecule has 2 aromatic heterocycles. The van der Waals surface area contributed by atoms with Crippen LogP contribution < -0.4 is 5.32 Å². The predicted octanol–water partition coefficient (Wildman–Crippen LogP) is 2.30. The number of rotatable bonds is 4. The van der Waals surface area contributed by atoms with Gasteiger partial charge in [0.2, 0.25) is 5.91 Å². The summed E-state index contributed by atoms with van der Waals surface area (Å²) in [5.41, 5.74) is 0. The number of hydrogen-bond acceptors (Lipinski definition) is 4. The van der Waals surface area contributed by atoms with Crippen LogP contribution in [0.15, 0.2) is 24.5 Å². The Morgan fingerprint density at radius 3 is 2.89 bits per heavy atom. The summed E-state index contributed by atoms with van der Waals surface area (Å²) in [6.07, 6.45) is 3.74. The largest absolute Gasteiger partial charge is 0.310 e. The van der Waals surface area contributed by atoms with Gasteiger partial charge < -0.3 is 5.32 Å². The molecule has 0 aliphatic heterocycles. The Morgan fingerprint density at radius 2 is 2.26 bits per heavy atom. The van der Waals surface area contributed by atoms with Gasteiger partial charge in [0.05, 0.1) is 0 Å². The molecule has 1 amide bonds. The zero-order valence-corrected chi connectivity index (χ0v) is 11.4. The van der Waals surface area contributed by atoms with Gasteiger partial charge in [-0.3, -0.25) is 4.79 Å². The minimum absolute atomic E-state index is 0.101. The lowest BCUT2D eigenvalue weighted by atomic mass is 10.1. The highest BCUT2D eigenvalue weighted by Gasteiger charge is 2.09. The van der Waals surface area contributed by atoms with Crippen LogP contribution in [0.3, 0.4) is 0 Å². The van der Waals surface area contributed by atoms with Crippen molar-refractivity contribution < 1.29 is 4.79 Å². The first-order valence-electron chi connectivity index (χ1n) is 5.89. The number of carbonyl (C=O) groups excluding carboxylic acids is 1. The number of aromatic nitrogens is 4. The summed E-state index contributed by atoms with van der Waals surface area (Å²) >= 11 is 5.91. The first-order chi connectivity index (χ1) is 9.04. The fraction of sp³-hybridized carbons (Fsp3) is 0.333. The van der Waals surface area contributed by atoms with Crippen LogP contribution in [-0.2, 0) is 4.79 Å². The maximum atomic E-state index is 11.7. The van der Waals surface area contributed by atoms with E-state index in [1.807, 2.05) is 13.8 Å². The van der Waals surface area contributed by atoms with Gasteiger partial charge in [-0.1, -0.05) is 25.4 Å². The molecule has 1 N–H and O–H groups in total. The fourth-order valence-corrected chi connectivity index (χ4v) is 1.70. The Hall–Kier alpha value is -1.95. The molecular formula is C12H14ClN5O. The van der Waals surface area contributed by atoms with Crippen LogP contribution >= 0.6 is 11.6 Å². The first kappa shape index (κ1) is 13.5. The van der Waals surface area contributed by atoms with Crippen molar-refractivity contribution in [2.45, 2.75) is 20.3 Å². The van der Waals surface area contributed by atoms with Gasteiger partial charge in [0.1, 0.15) is 11.0 Å². The number of amides is 1. The van der Waals surface area contributed by atoms with Crippen molar-refractivity contribution in [2.75, 3.05) is 5.32 Å². The van der Waals surface area contributed by atoms with Crippen molar-refractivity contribution in [3.8, 4) is 5.95 Å². The molecule has 100 valence electrons. The van der Waals surface area contributed by atoms with E-state index in [1.165, 1.54) is 10.7 Å². The summed E-state index contributed by atoms with van der Waals surface area (Å²) in [5.74, 6) is 0.868. The van der Waals surface area contributed by atoms with Gasteiger partial charge in [0.15, 0.2) is 0 Å². The number of nitrogens with zero attached hydrogens (tertiary/aromatic N) is 4. The van der Waals surface area contributed by atoms with Gasteiger partial charge >= 0.3 is 0 Å². The van der Waals surface area contributed by atoms with E-state index in [2.05, 4.69) is 20.4 Å². The van der Waals surface area contributed by atoms with Gasteiger partial charge in [-0.15, -0.1) is 0 Å². The third-order valence-electron chi connectivity index (χ3n) is 2.25. The summed E-state index contributed by atoms with van der Waals surface area (Å²) in [6, 6.07) is 3.26. The second-order valence-corrected chi connectivity index (χ2v) is 4.86. The number of hydrogen-bond donors (Lipinski definition) is 1. The molecule has 0 spiro atoms. The highest BCUT2D eigenvalue weighted by molar-refractivity contribution is 6.29. The zero-order valence-electron chi connectivity index (χ0n) is 10.7. The van der Waals surface area contributed by atoms with Crippen molar-refractivity contribution in [3.63, 3.8) is 0 Å². The van der Waals surface area contributed by atoms with Gasteiger partial charge in [0.25, 0.3) is 5.95 Å². The molecule has 2 rings (SSSR count). The predicted molar refractivity (Wildman–Crippen MR) is 72.2 cm³/mol. The van der Waals surface area contributed by atoms with Crippen molar-refractivity contribution >= 4 is 23.3 Å². The SMILES string of the molecule is CC(C)CC(=O)Nc1cc(Cl)nc(-n2cccn2)n1. The molecule has 19 heavy (non-hydrogen) atoms. The quantitative estimate of drug-likeness (QED) is 0.872. The Balaban J connectivity index is 2.20. The normalized spacial score (nSPS) is 10.7. The van der Waals surface area contributed by atoms with E-state index in [0.717, 1.165) is 0 Å². The second kappa shape index (κ2) is 5.79. The third kappa shape index (κ3) is 3.75. The average molecular weight is 280 g/mol. The molecule has 7 heteroatoms. The molecule has 0 atom stereocenters. The van der Waals surface area contributed by atoms with Crippen molar-refractivity contribution in [1.82, 2.24) is 19.7 Å². The van der Waals surface area contributed by atoms with Gasteiger partial charge in [-0.05, 0) is 12.0 Å². The molecular weight excluding hydrogens is 266 g/mol. The number of carbonyl (C=O) groups is 1. The van der Waals surface area contributed by atoms with E-state index in [1.54, 1.807) is 18.5 Å². The van der Waals surface area contributed by atoms with Crippen LogP contribution in [0.5, 0.6) is 0 Å². The maximum Gasteiger partial charge on any atom is 0.253 e. The van der Waals surface area contributed by atoms with Gasteiger partial charge in [-0.25, -0.2) is 4.68 Å². The summed E-state index contributed by atoms with van der Waals surface area (Å²) < 4.78 is 1.48. The molecule has 0 aliphatic rings. The Labute approximate surface area is 115 Å². The summed E-state index contributed by atoms with van der Waals surface area (Å²) in [5, 5.41) is 6.97. The average Bonchev–Trinajstić information content (AvgIpc) is 2.79. The van der Waals surface area contributed by atoms with E-state index < -0.39 is 0 Å². The Bertz CT molecular complexity index is 568. The standard InChI is InChI=1S/C12H14ClN5O/c1-8(2)6-11(19)16-10-7-9(13)15-12(17-10)18-5-3-4-14-18/h3-5,7-8H,6H2,1-2H3,(H,15,16,17,19). The van der Waals surface area contributed by atoms with Crippen LogP contribution in [0.1, 0.15) is 20.3 Å². The molecule has 2 aromatic rings. The van der Waals surface area contributed by atoms with Crippen LogP contribution in [-0.4, -0.2) is 25.7 Å². The topological polar surface area (TPSA) is 72.7 Å². The van der Waals surface area contributed by atoms with Crippen LogP contribution in [0.25, 0.3) is 5.95 Å². The highest BCUT2D eigenvalue weighted by Crippen LogP contribution is 2.14. The number of anilines is 1. The molecule has 0 bridgehead atoms. The lowest BCUT2D eigenvalue weighted by molar-refractivity contribution is -0.116. The fourth-order valence-electron chi connectivity index (χ4n) is 1.52. The maximum absolute atomic E-state index is 11.7. The third-order valence-corrected chi connectivity index (χ3v) is 2.45. The molecule has 0 saturated heterocycles. The number of halogens is 1. The lowest BCUT2D eigenvalue weighted by Crippen LogP contribution is -2.16. The minimum Gasteiger partial charge on any atom is -0.310 e. The smallest absolute Gasteiger partial charge is 0.253 e. The van der Waals surface area contributed by atoms with Crippen LogP contribution in [0, 0.1) is 5.92 Å². The van der Waals surface area contributed by atoms with Crippen molar-refractivity contribution in [3.05, 3.63) is 29.7 Å². The van der Waals surface area contributed by atoms with E-state index in [-0.39, 0.29) is 17.0 Å². The van der Waals surface area contributed by atoms with Gasteiger partial charge in [0, 0.05) is 24.9 Å². The second-order valence-electron chi connectivity index (χ2n) is 4.47.